The van der Waals surface area contributed by atoms with E-state index < -0.39 is 0 Å². The van der Waals surface area contributed by atoms with E-state index >= 15 is 0 Å². The van der Waals surface area contributed by atoms with Gasteiger partial charge in [-0.25, -0.2) is 0 Å². The lowest BCUT2D eigenvalue weighted by Crippen LogP contribution is -2.41. The lowest BCUT2D eigenvalue weighted by atomic mass is 10.1. The summed E-state index contributed by atoms with van der Waals surface area (Å²) in [5, 5.41) is 0. The molecule has 0 N–H and O–H groups in total. The molecule has 0 aliphatic heterocycles. The molecule has 20 heavy (non-hydrogen) atoms. The zero-order chi connectivity index (χ0) is 14.5. The summed E-state index contributed by atoms with van der Waals surface area (Å²) < 4.78 is 0. The van der Waals surface area contributed by atoms with E-state index in [-0.39, 0.29) is 23.7 Å². The summed E-state index contributed by atoms with van der Waals surface area (Å²) in [6, 6.07) is 0. The van der Waals surface area contributed by atoms with E-state index in [0.29, 0.717) is 13.1 Å². The molecule has 2 aliphatic rings. The Morgan fingerprint density at radius 2 is 1.10 bits per heavy atom. The number of hydrogen-bond donors (Lipinski definition) is 0. The van der Waals surface area contributed by atoms with Crippen LogP contribution in [-0.2, 0) is 9.59 Å². The molecule has 4 nitrogen and oxygen atoms in total. The lowest BCUT2D eigenvalue weighted by molar-refractivity contribution is -0.137. The molecule has 2 aliphatic carbocycles. The molecule has 0 atom stereocenters. The van der Waals surface area contributed by atoms with Crippen molar-refractivity contribution in [1.29, 1.82) is 0 Å². The largest absolute Gasteiger partial charge is 0.344 e. The number of amides is 2. The highest BCUT2D eigenvalue weighted by Crippen LogP contribution is 2.21. The number of likely N-dealkylation sites (N-methyl/N-ethyl adjacent to an activating group) is 2. The molecule has 0 aromatic rings. The van der Waals surface area contributed by atoms with Gasteiger partial charge in [0.15, 0.2) is 0 Å². The molecule has 0 aromatic carbocycles. The molecule has 4 heteroatoms. The average Bonchev–Trinajstić information content (AvgIpc) is 3.14. The van der Waals surface area contributed by atoms with Crippen LogP contribution in [0.5, 0.6) is 0 Å². The molecular formula is C16H24N2O2. The topological polar surface area (TPSA) is 40.6 Å². The van der Waals surface area contributed by atoms with Gasteiger partial charge in [-0.15, -0.1) is 0 Å². The minimum Gasteiger partial charge on any atom is -0.344 e. The van der Waals surface area contributed by atoms with Crippen molar-refractivity contribution in [3.8, 4) is 0 Å². The third kappa shape index (κ3) is 3.50. The molecule has 110 valence electrons. The Labute approximate surface area is 121 Å². The molecular weight excluding hydrogens is 252 g/mol. The molecule has 0 bridgehead atoms. The predicted octanol–water partition coefficient (Wildman–Crippen LogP) is 1.84. The Kier molecular flexibility index (Phi) is 4.99. The second-order valence-corrected chi connectivity index (χ2v) is 5.80. The lowest BCUT2D eigenvalue weighted by Gasteiger charge is -2.26. The summed E-state index contributed by atoms with van der Waals surface area (Å²) in [4.78, 5) is 27.8. The first kappa shape index (κ1) is 14.8. The number of carbonyl (C=O) groups excluding carboxylic acids is 2. The first-order valence-corrected chi connectivity index (χ1v) is 7.39. The van der Waals surface area contributed by atoms with Gasteiger partial charge in [-0.2, -0.15) is 0 Å². The number of carbonyl (C=O) groups is 2. The van der Waals surface area contributed by atoms with Crippen molar-refractivity contribution in [2.75, 3.05) is 27.2 Å². The normalized spacial score (nSPS) is 18.7. The fourth-order valence-electron chi connectivity index (χ4n) is 2.78. The van der Waals surface area contributed by atoms with Crippen LogP contribution in [0.1, 0.15) is 25.7 Å². The maximum Gasteiger partial charge on any atom is 0.226 e. The van der Waals surface area contributed by atoms with Crippen molar-refractivity contribution in [2.24, 2.45) is 11.8 Å². The Morgan fingerprint density at radius 3 is 1.40 bits per heavy atom. The van der Waals surface area contributed by atoms with Gasteiger partial charge in [-0.3, -0.25) is 9.59 Å². The number of hydrogen-bond acceptors (Lipinski definition) is 2. The summed E-state index contributed by atoms with van der Waals surface area (Å²) >= 11 is 0. The van der Waals surface area contributed by atoms with Gasteiger partial charge in [0.25, 0.3) is 0 Å². The maximum atomic E-state index is 12.2. The highest BCUT2D eigenvalue weighted by Gasteiger charge is 2.25. The summed E-state index contributed by atoms with van der Waals surface area (Å²) in [6.07, 6.45) is 11.7. The average molecular weight is 276 g/mol. The summed E-state index contributed by atoms with van der Waals surface area (Å²) in [7, 11) is 3.66. The van der Waals surface area contributed by atoms with E-state index in [9.17, 15) is 9.59 Å². The van der Waals surface area contributed by atoms with Crippen LogP contribution in [0, 0.1) is 11.8 Å². The molecule has 0 saturated carbocycles. The molecule has 0 fully saturated rings. The van der Waals surface area contributed by atoms with E-state index in [0.717, 1.165) is 25.7 Å². The van der Waals surface area contributed by atoms with Gasteiger partial charge in [-0.05, 0) is 25.7 Å². The van der Waals surface area contributed by atoms with Gasteiger partial charge in [0.2, 0.25) is 11.8 Å². The quantitative estimate of drug-likeness (QED) is 0.719. The smallest absolute Gasteiger partial charge is 0.226 e. The predicted molar refractivity (Wildman–Crippen MR) is 79.0 cm³/mol. The van der Waals surface area contributed by atoms with Crippen molar-refractivity contribution >= 4 is 11.8 Å². The molecule has 0 radical (unpaired) electrons. The Hall–Kier alpha value is -1.58. The van der Waals surface area contributed by atoms with Crippen LogP contribution < -0.4 is 0 Å². The van der Waals surface area contributed by atoms with Crippen molar-refractivity contribution in [1.82, 2.24) is 9.80 Å². The van der Waals surface area contributed by atoms with Gasteiger partial charge in [0.05, 0.1) is 0 Å². The van der Waals surface area contributed by atoms with Crippen molar-refractivity contribution < 1.29 is 9.59 Å². The number of nitrogens with zero attached hydrogens (tertiary/aromatic N) is 2. The van der Waals surface area contributed by atoms with E-state index in [1.54, 1.807) is 9.80 Å². The van der Waals surface area contributed by atoms with Crippen molar-refractivity contribution in [3.05, 3.63) is 24.3 Å². The Morgan fingerprint density at radius 1 is 0.800 bits per heavy atom. The van der Waals surface area contributed by atoms with Crippen LogP contribution in [0.4, 0.5) is 0 Å². The zero-order valence-electron chi connectivity index (χ0n) is 12.4. The van der Waals surface area contributed by atoms with E-state index in [1.165, 1.54) is 0 Å². The molecule has 0 aromatic heterocycles. The molecule has 2 amide bonds. The summed E-state index contributed by atoms with van der Waals surface area (Å²) in [5.74, 6) is 0.608. The second kappa shape index (κ2) is 6.73. The van der Waals surface area contributed by atoms with Gasteiger partial charge < -0.3 is 9.80 Å². The highest BCUT2D eigenvalue weighted by atomic mass is 16.2. The summed E-state index contributed by atoms with van der Waals surface area (Å²) in [5.41, 5.74) is 0. The Bertz CT molecular complexity index is 372. The van der Waals surface area contributed by atoms with Crippen LogP contribution in [-0.4, -0.2) is 48.8 Å². The fourth-order valence-corrected chi connectivity index (χ4v) is 2.78. The molecule has 0 saturated heterocycles. The maximum absolute atomic E-state index is 12.2. The van der Waals surface area contributed by atoms with E-state index in [4.69, 9.17) is 0 Å². The zero-order valence-corrected chi connectivity index (χ0v) is 12.4. The van der Waals surface area contributed by atoms with E-state index in [2.05, 4.69) is 24.3 Å². The monoisotopic (exact) mass is 276 g/mol. The van der Waals surface area contributed by atoms with Gasteiger partial charge in [0, 0.05) is 39.0 Å². The third-order valence-corrected chi connectivity index (χ3v) is 4.24. The van der Waals surface area contributed by atoms with Crippen molar-refractivity contribution in [3.63, 3.8) is 0 Å². The van der Waals surface area contributed by atoms with Crippen molar-refractivity contribution in [2.45, 2.75) is 25.7 Å². The van der Waals surface area contributed by atoms with Crippen LogP contribution >= 0.6 is 0 Å². The van der Waals surface area contributed by atoms with Crippen LogP contribution in [0.2, 0.25) is 0 Å². The fraction of sp³-hybridized carbons (Fsp3) is 0.625. The first-order valence-electron chi connectivity index (χ1n) is 7.39. The van der Waals surface area contributed by atoms with E-state index in [1.807, 2.05) is 14.1 Å². The van der Waals surface area contributed by atoms with Gasteiger partial charge in [-0.1, -0.05) is 24.3 Å². The molecule has 0 spiro atoms. The van der Waals surface area contributed by atoms with Gasteiger partial charge in [0.1, 0.15) is 0 Å². The SMILES string of the molecule is CN(CCN(C)C(=O)C1CC=CC1)C(=O)C1CC=CC1. The highest BCUT2D eigenvalue weighted by molar-refractivity contribution is 5.80. The minimum absolute atomic E-state index is 0.111. The van der Waals surface area contributed by atoms with Gasteiger partial charge >= 0.3 is 0 Å². The second-order valence-electron chi connectivity index (χ2n) is 5.80. The summed E-state index contributed by atoms with van der Waals surface area (Å²) in [6.45, 7) is 1.22. The van der Waals surface area contributed by atoms with Crippen LogP contribution in [0.3, 0.4) is 0 Å². The number of rotatable bonds is 5. The number of allylic oxidation sites excluding steroid dienone is 4. The Balaban J connectivity index is 1.73. The molecule has 0 unspecified atom stereocenters. The minimum atomic E-state index is 0.111. The first-order chi connectivity index (χ1) is 9.59. The standard InChI is InChI=1S/C16H24N2O2/c1-17(15(19)13-7-3-4-8-13)11-12-18(2)16(20)14-9-5-6-10-14/h3-6,13-14H,7-12H2,1-2H3. The third-order valence-electron chi connectivity index (χ3n) is 4.24. The molecule has 0 heterocycles. The molecule has 2 rings (SSSR count). The van der Waals surface area contributed by atoms with Crippen LogP contribution in [0.15, 0.2) is 24.3 Å². The van der Waals surface area contributed by atoms with Crippen LogP contribution in [0.25, 0.3) is 0 Å².